The molecular weight excluding hydrogens is 301 g/mol. The highest BCUT2D eigenvalue weighted by Gasteiger charge is 2.33. The first-order valence-electron chi connectivity index (χ1n) is 7.40. The van der Waals surface area contributed by atoms with Gasteiger partial charge < -0.3 is 19.4 Å². The zero-order valence-corrected chi connectivity index (χ0v) is 12.7. The molecule has 0 radical (unpaired) electrons. The molecule has 1 N–H and O–H groups in total. The number of hydrogen-bond acceptors (Lipinski definition) is 4. The Balaban J connectivity index is 1.54. The second kappa shape index (κ2) is 6.78. The van der Waals surface area contributed by atoms with Crippen molar-refractivity contribution in [2.24, 2.45) is 7.05 Å². The molecule has 1 saturated heterocycles. The van der Waals surface area contributed by atoms with Crippen LogP contribution < -0.4 is 10.1 Å². The van der Waals surface area contributed by atoms with Crippen molar-refractivity contribution in [3.05, 3.63) is 48.3 Å². The summed E-state index contributed by atoms with van der Waals surface area (Å²) >= 11 is 0. The first-order chi connectivity index (χ1) is 11.1. The lowest BCUT2D eigenvalue weighted by molar-refractivity contribution is -0.124. The van der Waals surface area contributed by atoms with Crippen LogP contribution >= 0.6 is 0 Å². The normalized spacial score (nSPS) is 20.4. The maximum Gasteiger partial charge on any atom is 0.258 e. The van der Waals surface area contributed by atoms with E-state index in [-0.39, 0.29) is 30.5 Å². The first-order valence-corrected chi connectivity index (χ1v) is 7.40. The van der Waals surface area contributed by atoms with Crippen LogP contribution in [0.3, 0.4) is 0 Å². The molecule has 1 aliphatic heterocycles. The molecule has 1 amide bonds. The van der Waals surface area contributed by atoms with Gasteiger partial charge in [0.15, 0.2) is 6.61 Å². The van der Waals surface area contributed by atoms with E-state index in [2.05, 4.69) is 10.3 Å². The number of carbonyl (C=O) groups excluding carboxylic acids is 1. The molecule has 1 aromatic heterocycles. The Hall–Kier alpha value is -2.41. The van der Waals surface area contributed by atoms with Crippen LogP contribution in [0.15, 0.2) is 36.7 Å². The Bertz CT molecular complexity index is 671. The number of ether oxygens (including phenoxy) is 2. The van der Waals surface area contributed by atoms with Crippen LogP contribution in [-0.4, -0.2) is 34.7 Å². The molecule has 0 bridgehead atoms. The third-order valence-electron chi connectivity index (χ3n) is 3.73. The second-order valence-electron chi connectivity index (χ2n) is 5.39. The largest absolute Gasteiger partial charge is 0.484 e. The Morgan fingerprint density at radius 3 is 2.96 bits per heavy atom. The van der Waals surface area contributed by atoms with Gasteiger partial charge in [-0.3, -0.25) is 4.79 Å². The quantitative estimate of drug-likeness (QED) is 0.909. The lowest BCUT2D eigenvalue weighted by Crippen LogP contribution is -2.40. The standard InChI is InChI=1S/C16H18FN3O3/c1-20-8-7-18-16(20)15-13(6-9-22-15)19-14(21)10-23-12-4-2-11(17)3-5-12/h2-5,7-8,13,15H,6,9-10H2,1H3,(H,19,21)/t13-,15-/m0/s1. The summed E-state index contributed by atoms with van der Waals surface area (Å²) in [6.07, 6.45) is 4.01. The molecule has 2 heterocycles. The van der Waals surface area contributed by atoms with Crippen LogP contribution in [0.5, 0.6) is 5.75 Å². The monoisotopic (exact) mass is 319 g/mol. The van der Waals surface area contributed by atoms with Gasteiger partial charge in [-0.25, -0.2) is 9.37 Å². The maximum atomic E-state index is 12.8. The number of rotatable bonds is 5. The molecule has 6 nitrogen and oxygen atoms in total. The molecule has 2 aromatic rings. The van der Waals surface area contributed by atoms with E-state index in [0.717, 1.165) is 12.2 Å². The zero-order valence-electron chi connectivity index (χ0n) is 12.7. The van der Waals surface area contributed by atoms with Gasteiger partial charge in [0.05, 0.1) is 6.04 Å². The predicted molar refractivity (Wildman–Crippen MR) is 80.3 cm³/mol. The number of nitrogens with one attached hydrogen (secondary N) is 1. The lowest BCUT2D eigenvalue weighted by Gasteiger charge is -2.19. The summed E-state index contributed by atoms with van der Waals surface area (Å²) in [6, 6.07) is 5.40. The van der Waals surface area contributed by atoms with Gasteiger partial charge in [0.1, 0.15) is 23.5 Å². The average Bonchev–Trinajstić information content (AvgIpc) is 3.15. The highest BCUT2D eigenvalue weighted by atomic mass is 19.1. The Morgan fingerprint density at radius 1 is 1.48 bits per heavy atom. The van der Waals surface area contributed by atoms with Crippen LogP contribution in [-0.2, 0) is 16.6 Å². The van der Waals surface area contributed by atoms with Gasteiger partial charge in [-0.15, -0.1) is 0 Å². The Labute approximate surface area is 133 Å². The molecule has 1 aliphatic rings. The molecular formula is C16H18FN3O3. The number of carbonyl (C=O) groups is 1. The van der Waals surface area contributed by atoms with Crippen molar-refractivity contribution < 1.29 is 18.7 Å². The van der Waals surface area contributed by atoms with E-state index in [9.17, 15) is 9.18 Å². The van der Waals surface area contributed by atoms with Gasteiger partial charge in [-0.1, -0.05) is 0 Å². The van der Waals surface area contributed by atoms with Crippen LogP contribution in [0, 0.1) is 5.82 Å². The summed E-state index contributed by atoms with van der Waals surface area (Å²) in [5.41, 5.74) is 0. The van der Waals surface area contributed by atoms with Crippen LogP contribution in [0.2, 0.25) is 0 Å². The van der Waals surface area contributed by atoms with E-state index in [1.165, 1.54) is 24.3 Å². The van der Waals surface area contributed by atoms with E-state index in [0.29, 0.717) is 12.4 Å². The molecule has 23 heavy (non-hydrogen) atoms. The Kier molecular flexibility index (Phi) is 4.57. The molecule has 2 atom stereocenters. The smallest absolute Gasteiger partial charge is 0.258 e. The molecule has 0 spiro atoms. The van der Waals surface area contributed by atoms with Crippen molar-refractivity contribution in [3.8, 4) is 5.75 Å². The Morgan fingerprint density at radius 2 is 2.26 bits per heavy atom. The van der Waals surface area contributed by atoms with Gasteiger partial charge >= 0.3 is 0 Å². The molecule has 122 valence electrons. The van der Waals surface area contributed by atoms with Gasteiger partial charge in [-0.2, -0.15) is 0 Å². The fraction of sp³-hybridized carbons (Fsp3) is 0.375. The summed E-state index contributed by atoms with van der Waals surface area (Å²) in [5.74, 6) is 0.643. The zero-order chi connectivity index (χ0) is 16.2. The number of aryl methyl sites for hydroxylation is 1. The van der Waals surface area contributed by atoms with Crippen molar-refractivity contribution in [3.63, 3.8) is 0 Å². The van der Waals surface area contributed by atoms with E-state index in [1.54, 1.807) is 6.20 Å². The van der Waals surface area contributed by atoms with E-state index in [4.69, 9.17) is 9.47 Å². The molecule has 0 aliphatic carbocycles. The van der Waals surface area contributed by atoms with Gasteiger partial charge in [-0.05, 0) is 30.7 Å². The molecule has 7 heteroatoms. The predicted octanol–water partition coefficient (Wildman–Crippen LogP) is 1.58. The summed E-state index contributed by atoms with van der Waals surface area (Å²) in [6.45, 7) is 0.441. The lowest BCUT2D eigenvalue weighted by atomic mass is 10.1. The van der Waals surface area contributed by atoms with Crippen LogP contribution in [0.4, 0.5) is 4.39 Å². The van der Waals surface area contributed by atoms with E-state index in [1.807, 2.05) is 17.8 Å². The third-order valence-corrected chi connectivity index (χ3v) is 3.73. The summed E-state index contributed by atoms with van der Waals surface area (Å²) in [4.78, 5) is 16.3. The van der Waals surface area contributed by atoms with Crippen molar-refractivity contribution in [2.45, 2.75) is 18.6 Å². The van der Waals surface area contributed by atoms with Crippen molar-refractivity contribution >= 4 is 5.91 Å². The van der Waals surface area contributed by atoms with Gasteiger partial charge in [0, 0.05) is 26.0 Å². The highest BCUT2D eigenvalue weighted by Crippen LogP contribution is 2.27. The summed E-state index contributed by atoms with van der Waals surface area (Å²) < 4.78 is 25.7. The number of amides is 1. The fourth-order valence-corrected chi connectivity index (χ4v) is 2.57. The second-order valence-corrected chi connectivity index (χ2v) is 5.39. The summed E-state index contributed by atoms with van der Waals surface area (Å²) in [7, 11) is 1.89. The fourth-order valence-electron chi connectivity index (χ4n) is 2.57. The van der Waals surface area contributed by atoms with Gasteiger partial charge in [0.25, 0.3) is 5.91 Å². The number of aromatic nitrogens is 2. The highest BCUT2D eigenvalue weighted by molar-refractivity contribution is 5.78. The molecule has 0 unspecified atom stereocenters. The average molecular weight is 319 g/mol. The molecule has 1 fully saturated rings. The van der Waals surface area contributed by atoms with Crippen molar-refractivity contribution in [2.75, 3.05) is 13.2 Å². The first kappa shape index (κ1) is 15.5. The van der Waals surface area contributed by atoms with Crippen LogP contribution in [0.25, 0.3) is 0 Å². The molecule has 0 saturated carbocycles. The number of hydrogen-bond donors (Lipinski definition) is 1. The SMILES string of the molecule is Cn1ccnc1[C@H]1OCC[C@@H]1NC(=O)COc1ccc(F)cc1. The topological polar surface area (TPSA) is 65.4 Å². The number of nitrogens with zero attached hydrogens (tertiary/aromatic N) is 2. The van der Waals surface area contributed by atoms with E-state index < -0.39 is 0 Å². The number of benzene rings is 1. The van der Waals surface area contributed by atoms with Crippen LogP contribution in [0.1, 0.15) is 18.3 Å². The minimum absolute atomic E-state index is 0.130. The third kappa shape index (κ3) is 3.68. The maximum absolute atomic E-state index is 12.8. The number of imidazole rings is 1. The number of halogens is 1. The minimum atomic E-state index is -0.345. The van der Waals surface area contributed by atoms with Gasteiger partial charge in [0.2, 0.25) is 0 Å². The van der Waals surface area contributed by atoms with Crippen molar-refractivity contribution in [1.29, 1.82) is 0 Å². The molecule has 3 rings (SSSR count). The summed E-state index contributed by atoms with van der Waals surface area (Å²) in [5, 5.41) is 2.91. The minimum Gasteiger partial charge on any atom is -0.484 e. The van der Waals surface area contributed by atoms with Crippen molar-refractivity contribution in [1.82, 2.24) is 14.9 Å². The van der Waals surface area contributed by atoms with E-state index >= 15 is 0 Å². The molecule has 1 aromatic carbocycles.